The molecule has 4 nitrogen and oxygen atoms in total. The summed E-state index contributed by atoms with van der Waals surface area (Å²) in [7, 11) is 0. The summed E-state index contributed by atoms with van der Waals surface area (Å²) < 4.78 is 0. The minimum Gasteiger partial charge on any atom is -0.360 e. The topological polar surface area (TPSA) is 64.9 Å². The lowest BCUT2D eigenvalue weighted by Gasteiger charge is -2.09. The first-order chi connectivity index (χ1) is 12.5. The number of rotatable bonds is 7. The van der Waals surface area contributed by atoms with Gasteiger partial charge in [0.1, 0.15) is 11.6 Å². The molecular weight excluding hydrogens is 322 g/mol. The van der Waals surface area contributed by atoms with E-state index in [2.05, 4.69) is 29.7 Å². The molecule has 0 aliphatic rings. The van der Waals surface area contributed by atoms with Crippen LogP contribution in [0.15, 0.2) is 54.2 Å². The number of nitrogens with one attached hydrogen (secondary N) is 2. The number of carbonyl (C=O) groups is 1. The Labute approximate surface area is 155 Å². The van der Waals surface area contributed by atoms with Crippen LogP contribution < -0.4 is 10.6 Å². The maximum atomic E-state index is 12.3. The Morgan fingerprint density at radius 1 is 1.15 bits per heavy atom. The Morgan fingerprint density at radius 3 is 2.50 bits per heavy atom. The fraction of sp³-hybridized carbons (Fsp3) is 0.273. The van der Waals surface area contributed by atoms with Crippen LogP contribution in [0.3, 0.4) is 0 Å². The highest BCUT2D eigenvalue weighted by atomic mass is 16.1. The van der Waals surface area contributed by atoms with Gasteiger partial charge in [-0.3, -0.25) is 4.79 Å². The highest BCUT2D eigenvalue weighted by Gasteiger charge is 2.10. The Hall–Kier alpha value is -3.06. The number of nitrogens with zero attached hydrogens (tertiary/aromatic N) is 1. The lowest BCUT2D eigenvalue weighted by Crippen LogP contribution is -2.15. The largest absolute Gasteiger partial charge is 0.360 e. The molecule has 134 valence electrons. The summed E-state index contributed by atoms with van der Waals surface area (Å²) in [5.74, 6) is -0.425. The standard InChI is InChI=1S/C22H25N3O/c1-4-5-6-18-8-10-20(11-9-18)24-15-19(14-23)22(26)25-21-12-7-16(2)13-17(21)3/h7-13,15,24H,4-6H2,1-3H3,(H,25,26)/b19-15-. The molecular formula is C22H25N3O. The molecule has 26 heavy (non-hydrogen) atoms. The van der Waals surface area contributed by atoms with Crippen molar-refractivity contribution in [1.29, 1.82) is 5.26 Å². The van der Waals surface area contributed by atoms with E-state index in [0.717, 1.165) is 23.2 Å². The van der Waals surface area contributed by atoms with Gasteiger partial charge in [-0.25, -0.2) is 0 Å². The maximum Gasteiger partial charge on any atom is 0.267 e. The summed E-state index contributed by atoms with van der Waals surface area (Å²) in [5, 5.41) is 15.1. The number of hydrogen-bond acceptors (Lipinski definition) is 3. The molecule has 0 saturated carbocycles. The fourth-order valence-corrected chi connectivity index (χ4v) is 2.60. The van der Waals surface area contributed by atoms with Gasteiger partial charge >= 0.3 is 0 Å². The van der Waals surface area contributed by atoms with E-state index in [-0.39, 0.29) is 5.57 Å². The van der Waals surface area contributed by atoms with E-state index < -0.39 is 5.91 Å². The first-order valence-electron chi connectivity index (χ1n) is 8.88. The molecule has 2 rings (SSSR count). The van der Waals surface area contributed by atoms with Crippen LogP contribution in [0.1, 0.15) is 36.5 Å². The van der Waals surface area contributed by atoms with Gasteiger partial charge in [0, 0.05) is 17.6 Å². The molecule has 0 unspecified atom stereocenters. The number of nitriles is 1. The third kappa shape index (κ3) is 5.49. The summed E-state index contributed by atoms with van der Waals surface area (Å²) in [4.78, 5) is 12.3. The monoisotopic (exact) mass is 347 g/mol. The van der Waals surface area contributed by atoms with E-state index in [9.17, 15) is 10.1 Å². The Balaban J connectivity index is 2.02. The summed E-state index contributed by atoms with van der Waals surface area (Å²) >= 11 is 0. The van der Waals surface area contributed by atoms with Crippen LogP contribution in [0.4, 0.5) is 11.4 Å². The van der Waals surface area contributed by atoms with Gasteiger partial charge < -0.3 is 10.6 Å². The van der Waals surface area contributed by atoms with Crippen LogP contribution >= 0.6 is 0 Å². The summed E-state index contributed by atoms with van der Waals surface area (Å²) in [6.45, 7) is 6.10. The van der Waals surface area contributed by atoms with Crippen molar-refractivity contribution in [2.45, 2.75) is 40.0 Å². The Bertz CT molecular complexity index is 829. The van der Waals surface area contributed by atoms with Crippen LogP contribution in [0.5, 0.6) is 0 Å². The van der Waals surface area contributed by atoms with Crippen molar-refractivity contribution in [3.8, 4) is 6.07 Å². The summed E-state index contributed by atoms with van der Waals surface area (Å²) in [6, 6.07) is 15.8. The van der Waals surface area contributed by atoms with E-state index in [0.29, 0.717) is 5.69 Å². The molecule has 2 aromatic carbocycles. The van der Waals surface area contributed by atoms with Crippen LogP contribution in [0.2, 0.25) is 0 Å². The first kappa shape index (κ1) is 19.3. The van der Waals surface area contributed by atoms with E-state index in [4.69, 9.17) is 0 Å². The fourth-order valence-electron chi connectivity index (χ4n) is 2.60. The van der Waals surface area contributed by atoms with E-state index in [1.54, 1.807) is 0 Å². The quantitative estimate of drug-likeness (QED) is 0.541. The number of aryl methyl sites for hydroxylation is 3. The lowest BCUT2D eigenvalue weighted by atomic mass is 10.1. The predicted molar refractivity (Wildman–Crippen MR) is 107 cm³/mol. The SMILES string of the molecule is CCCCc1ccc(N/C=C(/C#N)C(=O)Nc2ccc(C)cc2C)cc1. The number of benzene rings is 2. The highest BCUT2D eigenvalue weighted by Crippen LogP contribution is 2.17. The normalized spacial score (nSPS) is 10.9. The van der Waals surface area contributed by atoms with Gasteiger partial charge in [-0.05, 0) is 56.0 Å². The van der Waals surface area contributed by atoms with Crippen LogP contribution in [-0.4, -0.2) is 5.91 Å². The first-order valence-corrected chi connectivity index (χ1v) is 8.88. The van der Waals surface area contributed by atoms with Crippen molar-refractivity contribution in [3.05, 3.63) is 70.9 Å². The van der Waals surface area contributed by atoms with Crippen LogP contribution in [-0.2, 0) is 11.2 Å². The lowest BCUT2D eigenvalue weighted by molar-refractivity contribution is -0.112. The van der Waals surface area contributed by atoms with E-state index in [1.807, 2.05) is 50.2 Å². The average Bonchev–Trinajstić information content (AvgIpc) is 2.64. The number of unbranched alkanes of at least 4 members (excludes halogenated alkanes) is 1. The zero-order valence-corrected chi connectivity index (χ0v) is 15.6. The average molecular weight is 347 g/mol. The Kier molecular flexibility index (Phi) is 6.99. The molecule has 0 bridgehead atoms. The Morgan fingerprint density at radius 2 is 1.88 bits per heavy atom. The predicted octanol–water partition coefficient (Wildman–Crippen LogP) is 5.10. The molecule has 1 amide bonds. The highest BCUT2D eigenvalue weighted by molar-refractivity contribution is 6.07. The number of anilines is 2. The molecule has 4 heteroatoms. The molecule has 2 N–H and O–H groups in total. The zero-order chi connectivity index (χ0) is 18.9. The summed E-state index contributed by atoms with van der Waals surface area (Å²) in [6.07, 6.45) is 4.85. The molecule has 0 heterocycles. The molecule has 0 aromatic heterocycles. The third-order valence-corrected chi connectivity index (χ3v) is 4.15. The summed E-state index contributed by atoms with van der Waals surface area (Å²) in [5.41, 5.74) is 4.96. The molecule has 2 aromatic rings. The second-order valence-corrected chi connectivity index (χ2v) is 6.39. The number of amides is 1. The van der Waals surface area contributed by atoms with Gasteiger partial charge in [-0.2, -0.15) is 5.26 Å². The van der Waals surface area contributed by atoms with Crippen molar-refractivity contribution >= 4 is 17.3 Å². The minimum absolute atomic E-state index is 0.0278. The second kappa shape index (κ2) is 9.43. The minimum atomic E-state index is -0.425. The van der Waals surface area contributed by atoms with Gasteiger partial charge in [0.2, 0.25) is 0 Å². The van der Waals surface area contributed by atoms with Crippen molar-refractivity contribution in [3.63, 3.8) is 0 Å². The number of hydrogen-bond donors (Lipinski definition) is 2. The van der Waals surface area contributed by atoms with E-state index in [1.165, 1.54) is 24.6 Å². The molecule has 0 aliphatic heterocycles. The molecule has 0 atom stereocenters. The third-order valence-electron chi connectivity index (χ3n) is 4.15. The molecule has 0 radical (unpaired) electrons. The number of carbonyl (C=O) groups excluding carboxylic acids is 1. The smallest absolute Gasteiger partial charge is 0.267 e. The van der Waals surface area contributed by atoms with Crippen LogP contribution in [0.25, 0.3) is 0 Å². The van der Waals surface area contributed by atoms with Crippen molar-refractivity contribution in [2.75, 3.05) is 10.6 Å². The second-order valence-electron chi connectivity index (χ2n) is 6.39. The van der Waals surface area contributed by atoms with Gasteiger partial charge in [0.15, 0.2) is 0 Å². The molecule has 0 spiro atoms. The molecule has 0 saturated heterocycles. The molecule has 0 fully saturated rings. The molecule has 0 aliphatic carbocycles. The van der Waals surface area contributed by atoms with Crippen molar-refractivity contribution in [2.24, 2.45) is 0 Å². The van der Waals surface area contributed by atoms with Gasteiger partial charge in [-0.15, -0.1) is 0 Å². The van der Waals surface area contributed by atoms with E-state index >= 15 is 0 Å². The van der Waals surface area contributed by atoms with Crippen LogP contribution in [0, 0.1) is 25.2 Å². The van der Waals surface area contributed by atoms with Gasteiger partial charge in [0.25, 0.3) is 5.91 Å². The van der Waals surface area contributed by atoms with Gasteiger partial charge in [0.05, 0.1) is 0 Å². The van der Waals surface area contributed by atoms with Crippen molar-refractivity contribution < 1.29 is 4.79 Å². The zero-order valence-electron chi connectivity index (χ0n) is 15.6. The van der Waals surface area contributed by atoms with Gasteiger partial charge in [-0.1, -0.05) is 43.2 Å². The van der Waals surface area contributed by atoms with Crippen molar-refractivity contribution in [1.82, 2.24) is 0 Å². The maximum absolute atomic E-state index is 12.3.